The van der Waals surface area contributed by atoms with E-state index in [0.717, 1.165) is 33.2 Å². The van der Waals surface area contributed by atoms with E-state index >= 15 is 0 Å². The van der Waals surface area contributed by atoms with Crippen molar-refractivity contribution in [1.29, 1.82) is 0 Å². The van der Waals surface area contributed by atoms with Gasteiger partial charge in [-0.3, -0.25) is 0 Å². The standard InChI is InChI=1S/C55H27N5S2/c1-2-10-28(11-3-1)53-56-54(58-55(57-53)37-17-9-19-42-45(37)36-14-6-7-18-41(36)61-42)35-21-23-38(30-13-5-4-12-29(30)35)59-39-25-27-43-48-46(39)47-40(59)24-20-33-31-15-8-16-32-34-22-26-44(62-43)49(48)52(34)60(50(31)32)51(33)47/h1-27H. The largest absolute Gasteiger partial charge is 0.309 e. The summed E-state index contributed by atoms with van der Waals surface area (Å²) in [6, 6.07) is 59.7. The summed E-state index contributed by atoms with van der Waals surface area (Å²) in [6.45, 7) is 0. The first-order chi connectivity index (χ1) is 30.8. The number of nitrogens with zero attached hydrogens (tertiary/aromatic N) is 5. The zero-order valence-corrected chi connectivity index (χ0v) is 34.3. The molecule has 0 aliphatic carbocycles. The molecular formula is C55H27N5S2. The van der Waals surface area contributed by atoms with Gasteiger partial charge in [0.05, 0.1) is 33.3 Å². The SMILES string of the molecule is c1ccc(-c2nc(-c3ccc(-n4c5ccc6sc7ccc8c9cccc%10c%11ccc4c4c5c6c7c8n(c9%10)c%114)c4ccccc34)nc(-c3cccc4sc5ccccc5c34)n2)cc1. The van der Waals surface area contributed by atoms with Gasteiger partial charge in [-0.15, -0.1) is 22.7 Å². The maximum atomic E-state index is 5.37. The van der Waals surface area contributed by atoms with Crippen molar-refractivity contribution in [2.45, 2.75) is 0 Å². The molecule has 0 saturated carbocycles. The lowest BCUT2D eigenvalue weighted by atomic mass is 10.0. The van der Waals surface area contributed by atoms with Gasteiger partial charge in [-0.2, -0.15) is 0 Å². The van der Waals surface area contributed by atoms with Gasteiger partial charge in [0.2, 0.25) is 0 Å². The van der Waals surface area contributed by atoms with E-state index in [2.05, 4.69) is 155 Å². The summed E-state index contributed by atoms with van der Waals surface area (Å²) in [4.78, 5) is 15.8. The molecule has 16 aromatic rings. The third-order valence-corrected chi connectivity index (χ3v) is 15.9. The summed E-state index contributed by atoms with van der Waals surface area (Å²) in [6.07, 6.45) is 0. The highest BCUT2D eigenvalue weighted by molar-refractivity contribution is 7.26. The van der Waals surface area contributed by atoms with Gasteiger partial charge < -0.3 is 8.97 Å². The number of hydrogen-bond acceptors (Lipinski definition) is 5. The van der Waals surface area contributed by atoms with Crippen LogP contribution in [0.2, 0.25) is 0 Å². The third-order valence-electron chi connectivity index (χ3n) is 13.6. The van der Waals surface area contributed by atoms with Crippen LogP contribution in [0.3, 0.4) is 0 Å². The van der Waals surface area contributed by atoms with Crippen molar-refractivity contribution < 1.29 is 0 Å². The van der Waals surface area contributed by atoms with E-state index in [1.807, 2.05) is 40.9 Å². The summed E-state index contributed by atoms with van der Waals surface area (Å²) in [5.74, 6) is 1.98. The molecule has 7 heteroatoms. The second-order valence-electron chi connectivity index (χ2n) is 16.6. The van der Waals surface area contributed by atoms with Gasteiger partial charge in [-0.05, 0) is 53.9 Å². The molecule has 0 spiro atoms. The van der Waals surface area contributed by atoms with Crippen molar-refractivity contribution in [3.63, 3.8) is 0 Å². The first kappa shape index (κ1) is 32.1. The van der Waals surface area contributed by atoms with Crippen molar-refractivity contribution in [2.75, 3.05) is 0 Å². The minimum Gasteiger partial charge on any atom is -0.309 e. The Kier molecular flexibility index (Phi) is 5.78. The fourth-order valence-electron chi connectivity index (χ4n) is 11.2. The van der Waals surface area contributed by atoms with E-state index in [1.165, 1.54) is 100 Å². The van der Waals surface area contributed by atoms with Crippen LogP contribution in [-0.2, 0) is 0 Å². The highest BCUT2D eigenvalue weighted by Crippen LogP contribution is 2.53. The molecule has 5 nitrogen and oxygen atoms in total. The van der Waals surface area contributed by atoms with Crippen LogP contribution >= 0.6 is 22.7 Å². The van der Waals surface area contributed by atoms with Gasteiger partial charge in [0.15, 0.2) is 17.5 Å². The monoisotopic (exact) mass is 821 g/mol. The third kappa shape index (κ3) is 3.80. The van der Waals surface area contributed by atoms with E-state index in [0.29, 0.717) is 17.5 Å². The summed E-state index contributed by atoms with van der Waals surface area (Å²) in [5.41, 5.74) is 10.5. The Hall–Kier alpha value is -7.71. The lowest BCUT2D eigenvalue weighted by Crippen LogP contribution is -2.02. The average molecular weight is 822 g/mol. The lowest BCUT2D eigenvalue weighted by Gasteiger charge is -2.15. The molecule has 0 bridgehead atoms. The number of thiophene rings is 2. The van der Waals surface area contributed by atoms with Crippen LogP contribution in [0, 0.1) is 0 Å². The predicted molar refractivity (Wildman–Crippen MR) is 262 cm³/mol. The Morgan fingerprint density at radius 1 is 0.323 bits per heavy atom. The van der Waals surface area contributed by atoms with E-state index < -0.39 is 0 Å². The first-order valence-electron chi connectivity index (χ1n) is 20.9. The minimum atomic E-state index is 0.653. The second kappa shape index (κ2) is 11.2. The van der Waals surface area contributed by atoms with Gasteiger partial charge in [-0.1, -0.05) is 115 Å². The predicted octanol–water partition coefficient (Wildman–Crippen LogP) is 15.3. The van der Waals surface area contributed by atoms with Crippen molar-refractivity contribution in [3.05, 3.63) is 164 Å². The molecule has 0 unspecified atom stereocenters. The lowest BCUT2D eigenvalue weighted by molar-refractivity contribution is 1.08. The number of aromatic nitrogens is 5. The van der Waals surface area contributed by atoms with E-state index in [4.69, 9.17) is 15.0 Å². The molecule has 7 heterocycles. The second-order valence-corrected chi connectivity index (χ2v) is 18.8. The molecule has 284 valence electrons. The molecule has 0 fully saturated rings. The summed E-state index contributed by atoms with van der Waals surface area (Å²) in [7, 11) is 0. The number of fused-ring (bicyclic) bond motifs is 6. The zero-order valence-electron chi connectivity index (χ0n) is 32.6. The Labute approximate surface area is 359 Å². The number of hydrogen-bond donors (Lipinski definition) is 0. The van der Waals surface area contributed by atoms with Gasteiger partial charge in [-0.25, -0.2) is 15.0 Å². The number of benzene rings is 9. The molecule has 9 aromatic carbocycles. The van der Waals surface area contributed by atoms with Gasteiger partial charge >= 0.3 is 0 Å². The molecule has 0 saturated heterocycles. The molecule has 62 heavy (non-hydrogen) atoms. The quantitative estimate of drug-likeness (QED) is 0.178. The van der Waals surface area contributed by atoms with Crippen molar-refractivity contribution >= 4 is 134 Å². The van der Waals surface area contributed by atoms with Gasteiger partial charge in [0, 0.05) is 94.7 Å². The molecule has 0 atom stereocenters. The fraction of sp³-hybridized carbons (Fsp3) is 0. The van der Waals surface area contributed by atoms with Crippen LogP contribution in [-0.4, -0.2) is 23.9 Å². The Balaban J connectivity index is 0.995. The molecule has 0 aliphatic rings. The topological polar surface area (TPSA) is 48.0 Å². The molecular weight excluding hydrogens is 795 g/mol. The first-order valence-corrected chi connectivity index (χ1v) is 22.6. The van der Waals surface area contributed by atoms with Crippen LogP contribution in [0.5, 0.6) is 0 Å². The molecule has 0 radical (unpaired) electrons. The maximum Gasteiger partial charge on any atom is 0.164 e. The molecule has 16 rings (SSSR count). The van der Waals surface area contributed by atoms with Crippen molar-refractivity contribution in [2.24, 2.45) is 0 Å². The van der Waals surface area contributed by atoms with Crippen molar-refractivity contribution in [1.82, 2.24) is 23.9 Å². The highest BCUT2D eigenvalue weighted by atomic mass is 32.1. The van der Waals surface area contributed by atoms with Crippen molar-refractivity contribution in [3.8, 4) is 39.9 Å². The van der Waals surface area contributed by atoms with Crippen LogP contribution in [0.1, 0.15) is 0 Å². The Morgan fingerprint density at radius 3 is 1.77 bits per heavy atom. The van der Waals surface area contributed by atoms with Crippen LogP contribution in [0.25, 0.3) is 151 Å². The van der Waals surface area contributed by atoms with Crippen LogP contribution in [0.15, 0.2) is 164 Å². The molecule has 0 amide bonds. The van der Waals surface area contributed by atoms with Gasteiger partial charge in [0.25, 0.3) is 0 Å². The van der Waals surface area contributed by atoms with E-state index in [1.54, 1.807) is 0 Å². The van der Waals surface area contributed by atoms with Gasteiger partial charge in [0.1, 0.15) is 0 Å². The fourth-order valence-corrected chi connectivity index (χ4v) is 13.4. The summed E-state index contributed by atoms with van der Waals surface area (Å²) >= 11 is 3.72. The summed E-state index contributed by atoms with van der Waals surface area (Å²) in [5, 5.41) is 15.4. The zero-order chi connectivity index (χ0) is 39.9. The van der Waals surface area contributed by atoms with E-state index in [-0.39, 0.29) is 0 Å². The van der Waals surface area contributed by atoms with Crippen LogP contribution in [0.4, 0.5) is 0 Å². The number of rotatable bonds is 4. The smallest absolute Gasteiger partial charge is 0.164 e. The molecule has 0 N–H and O–H groups in total. The van der Waals surface area contributed by atoms with Crippen LogP contribution < -0.4 is 0 Å². The molecule has 7 aromatic heterocycles. The number of para-hydroxylation sites is 1. The minimum absolute atomic E-state index is 0.653. The Morgan fingerprint density at radius 2 is 0.903 bits per heavy atom. The molecule has 0 aliphatic heterocycles. The average Bonchev–Trinajstić information content (AvgIpc) is 4.12. The highest BCUT2D eigenvalue weighted by Gasteiger charge is 2.29. The summed E-state index contributed by atoms with van der Waals surface area (Å²) < 4.78 is 10.3. The Bertz CT molecular complexity index is 4510. The normalized spacial score (nSPS) is 12.8. The maximum absolute atomic E-state index is 5.37. The van der Waals surface area contributed by atoms with E-state index in [9.17, 15) is 0 Å².